The van der Waals surface area contributed by atoms with Crippen LogP contribution in [0.15, 0.2) is 70.8 Å². The van der Waals surface area contributed by atoms with Crippen molar-refractivity contribution in [1.29, 1.82) is 0 Å². The van der Waals surface area contributed by atoms with Crippen molar-refractivity contribution in [2.45, 2.75) is 11.7 Å². The van der Waals surface area contributed by atoms with E-state index < -0.39 is 0 Å². The van der Waals surface area contributed by atoms with Crippen LogP contribution in [0.4, 0.5) is 6.01 Å². The van der Waals surface area contributed by atoms with E-state index in [9.17, 15) is 4.79 Å². The molecule has 0 atom stereocenters. The van der Waals surface area contributed by atoms with Crippen molar-refractivity contribution in [3.63, 3.8) is 0 Å². The fourth-order valence-corrected chi connectivity index (χ4v) is 4.06. The lowest BCUT2D eigenvalue weighted by Gasteiger charge is -2.09. The number of amides is 1. The lowest BCUT2D eigenvalue weighted by molar-refractivity contribution is -0.113. The van der Waals surface area contributed by atoms with Crippen LogP contribution in [-0.4, -0.2) is 36.6 Å². The predicted octanol–water partition coefficient (Wildman–Crippen LogP) is 5.22. The second-order valence-electron chi connectivity index (χ2n) is 6.44. The zero-order chi connectivity index (χ0) is 22.5. The molecule has 11 heteroatoms. The number of allylic oxidation sites excluding steroid dienone is 1. The Labute approximate surface area is 197 Å². The van der Waals surface area contributed by atoms with Gasteiger partial charge < -0.3 is 4.42 Å². The molecule has 8 nitrogen and oxygen atoms in total. The Morgan fingerprint density at radius 1 is 1.12 bits per heavy atom. The molecule has 162 valence electrons. The monoisotopic (exact) mass is 486 g/mol. The first-order valence-corrected chi connectivity index (χ1v) is 11.1. The number of carbonyl (C=O) groups excluding carboxylic acids is 1. The van der Waals surface area contributed by atoms with Crippen molar-refractivity contribution < 1.29 is 9.21 Å². The van der Waals surface area contributed by atoms with E-state index in [2.05, 4.69) is 32.3 Å². The third-order valence-corrected chi connectivity index (χ3v) is 5.74. The minimum Gasteiger partial charge on any atom is -0.403 e. The highest BCUT2D eigenvalue weighted by molar-refractivity contribution is 7.99. The second-order valence-corrected chi connectivity index (χ2v) is 8.23. The largest absolute Gasteiger partial charge is 0.403 e. The van der Waals surface area contributed by atoms with Gasteiger partial charge in [0.25, 0.3) is 0 Å². The minimum atomic E-state index is -0.322. The van der Waals surface area contributed by atoms with Crippen LogP contribution in [-0.2, 0) is 11.3 Å². The molecule has 0 fully saturated rings. The van der Waals surface area contributed by atoms with Gasteiger partial charge in [-0.05, 0) is 30.3 Å². The summed E-state index contributed by atoms with van der Waals surface area (Å²) in [5, 5.41) is 20.4. The number of rotatable bonds is 8. The molecule has 0 bridgehead atoms. The van der Waals surface area contributed by atoms with Crippen LogP contribution in [0.3, 0.4) is 0 Å². The summed E-state index contributed by atoms with van der Waals surface area (Å²) in [5.41, 5.74) is 1.45. The van der Waals surface area contributed by atoms with Gasteiger partial charge in [0.15, 0.2) is 11.0 Å². The van der Waals surface area contributed by atoms with Gasteiger partial charge in [-0.2, -0.15) is 0 Å². The van der Waals surface area contributed by atoms with Crippen LogP contribution in [0.25, 0.3) is 22.8 Å². The predicted molar refractivity (Wildman–Crippen MR) is 125 cm³/mol. The maximum atomic E-state index is 12.4. The summed E-state index contributed by atoms with van der Waals surface area (Å²) in [7, 11) is 0. The summed E-state index contributed by atoms with van der Waals surface area (Å²) in [4.78, 5) is 12.4. The molecule has 0 radical (unpaired) electrons. The summed E-state index contributed by atoms with van der Waals surface area (Å²) in [6.07, 6.45) is 1.71. The quantitative estimate of drug-likeness (QED) is 0.269. The second kappa shape index (κ2) is 9.99. The number of hydrogen-bond acceptors (Lipinski definition) is 7. The van der Waals surface area contributed by atoms with E-state index in [1.54, 1.807) is 24.3 Å². The van der Waals surface area contributed by atoms with Gasteiger partial charge in [0, 0.05) is 22.7 Å². The Morgan fingerprint density at radius 3 is 2.69 bits per heavy atom. The topological polar surface area (TPSA) is 98.7 Å². The first kappa shape index (κ1) is 22.1. The fraction of sp³-hybridized carbons (Fsp3) is 0.0952. The highest BCUT2D eigenvalue weighted by Gasteiger charge is 2.18. The first-order valence-electron chi connectivity index (χ1n) is 9.36. The van der Waals surface area contributed by atoms with E-state index in [1.165, 1.54) is 11.8 Å². The Balaban J connectivity index is 1.44. The maximum Gasteiger partial charge on any atom is 0.322 e. The Morgan fingerprint density at radius 2 is 1.94 bits per heavy atom. The Kier molecular flexibility index (Phi) is 6.89. The van der Waals surface area contributed by atoms with Gasteiger partial charge in [-0.3, -0.25) is 14.7 Å². The number of benzene rings is 2. The third kappa shape index (κ3) is 5.01. The summed E-state index contributed by atoms with van der Waals surface area (Å²) >= 11 is 13.5. The van der Waals surface area contributed by atoms with Crippen molar-refractivity contribution in [3.8, 4) is 22.8 Å². The normalized spacial score (nSPS) is 10.8. The van der Waals surface area contributed by atoms with Gasteiger partial charge in [-0.25, -0.2) is 0 Å². The third-order valence-electron chi connectivity index (χ3n) is 4.23. The number of nitrogens with zero attached hydrogens (tertiary/aromatic N) is 5. The standard InChI is InChI=1S/C21H16Cl2N6O2S/c1-2-10-29-18(15-9-8-14(22)11-16(15)23)25-28-21(29)32-12-17(30)24-20-27-26-19(31-20)13-6-4-3-5-7-13/h2-9,11H,1,10,12H2,(H,24,27,30). The smallest absolute Gasteiger partial charge is 0.322 e. The molecule has 4 rings (SSSR count). The van der Waals surface area contributed by atoms with E-state index in [1.807, 2.05) is 34.9 Å². The summed E-state index contributed by atoms with van der Waals surface area (Å²) < 4.78 is 7.32. The van der Waals surface area contributed by atoms with Crippen LogP contribution in [0.5, 0.6) is 0 Å². The van der Waals surface area contributed by atoms with Crippen LogP contribution in [0.2, 0.25) is 10.0 Å². The molecule has 0 saturated heterocycles. The van der Waals surface area contributed by atoms with Crippen LogP contribution >= 0.6 is 35.0 Å². The average molecular weight is 487 g/mol. The van der Waals surface area contributed by atoms with Gasteiger partial charge in [-0.1, -0.05) is 64.3 Å². The van der Waals surface area contributed by atoms with Crippen molar-refractivity contribution >= 4 is 46.9 Å². The van der Waals surface area contributed by atoms with Crippen molar-refractivity contribution in [2.75, 3.05) is 11.1 Å². The maximum absolute atomic E-state index is 12.4. The van der Waals surface area contributed by atoms with Crippen molar-refractivity contribution in [2.24, 2.45) is 0 Å². The molecular weight excluding hydrogens is 471 g/mol. The van der Waals surface area contributed by atoms with E-state index in [0.717, 1.165) is 5.56 Å². The van der Waals surface area contributed by atoms with Gasteiger partial charge in [0.05, 0.1) is 10.8 Å². The molecule has 0 aliphatic heterocycles. The molecule has 0 spiro atoms. The number of halogens is 2. The lowest BCUT2D eigenvalue weighted by atomic mass is 10.2. The molecule has 2 aromatic heterocycles. The number of carbonyl (C=O) groups is 1. The molecule has 4 aromatic rings. The fourth-order valence-electron chi connectivity index (χ4n) is 2.82. The van der Waals surface area contributed by atoms with Gasteiger partial charge in [-0.15, -0.1) is 21.9 Å². The number of anilines is 1. The number of hydrogen-bond donors (Lipinski definition) is 1. The number of thioether (sulfide) groups is 1. The lowest BCUT2D eigenvalue weighted by Crippen LogP contribution is -2.15. The van der Waals surface area contributed by atoms with E-state index >= 15 is 0 Å². The molecule has 2 aromatic carbocycles. The van der Waals surface area contributed by atoms with E-state index in [4.69, 9.17) is 27.6 Å². The molecule has 0 aliphatic rings. The highest BCUT2D eigenvalue weighted by atomic mass is 35.5. The van der Waals surface area contributed by atoms with E-state index in [-0.39, 0.29) is 17.7 Å². The molecule has 0 saturated carbocycles. The molecule has 32 heavy (non-hydrogen) atoms. The molecule has 2 heterocycles. The zero-order valence-electron chi connectivity index (χ0n) is 16.5. The summed E-state index contributed by atoms with van der Waals surface area (Å²) in [5.74, 6) is 0.618. The molecule has 1 amide bonds. The van der Waals surface area contributed by atoms with Gasteiger partial charge in [0.2, 0.25) is 11.8 Å². The molecule has 1 N–H and O–H groups in total. The van der Waals surface area contributed by atoms with Crippen molar-refractivity contribution in [1.82, 2.24) is 25.0 Å². The number of nitrogens with one attached hydrogen (secondary N) is 1. The van der Waals surface area contributed by atoms with Crippen LogP contribution in [0, 0.1) is 0 Å². The average Bonchev–Trinajstić information content (AvgIpc) is 3.41. The molecular formula is C21H16Cl2N6O2S. The number of aromatic nitrogens is 5. The van der Waals surface area contributed by atoms with Gasteiger partial charge in [0.1, 0.15) is 0 Å². The minimum absolute atomic E-state index is 0.0237. The van der Waals surface area contributed by atoms with Gasteiger partial charge >= 0.3 is 6.01 Å². The zero-order valence-corrected chi connectivity index (χ0v) is 18.9. The van der Waals surface area contributed by atoms with Crippen LogP contribution in [0.1, 0.15) is 0 Å². The summed E-state index contributed by atoms with van der Waals surface area (Å²) in [6.45, 7) is 4.22. The SMILES string of the molecule is C=CCn1c(SCC(=O)Nc2nnc(-c3ccccc3)o2)nnc1-c1ccc(Cl)cc1Cl. The Hall–Kier alpha value is -3.14. The van der Waals surface area contributed by atoms with Crippen LogP contribution < -0.4 is 5.32 Å². The molecule has 0 unspecified atom stereocenters. The summed E-state index contributed by atoms with van der Waals surface area (Å²) in [6, 6.07) is 14.4. The van der Waals surface area contributed by atoms with E-state index in [0.29, 0.717) is 39.0 Å². The van der Waals surface area contributed by atoms with Crippen molar-refractivity contribution in [3.05, 3.63) is 71.2 Å². The Bertz CT molecular complexity index is 1260. The highest BCUT2D eigenvalue weighted by Crippen LogP contribution is 2.31. The molecule has 0 aliphatic carbocycles. The first-order chi connectivity index (χ1) is 15.5.